The molecule has 0 spiro atoms. The average molecular weight is 1060 g/mol. The van der Waals surface area contributed by atoms with Gasteiger partial charge < -0.3 is 45.5 Å². The lowest BCUT2D eigenvalue weighted by molar-refractivity contribution is -0.144. The molecule has 3 atom stereocenters. The number of carbonyl (C=O) groups excluding carboxylic acids is 3. The van der Waals surface area contributed by atoms with Crippen LogP contribution in [0.2, 0.25) is 0 Å². The molecule has 0 saturated carbocycles. The van der Waals surface area contributed by atoms with Crippen LogP contribution in [0.3, 0.4) is 0 Å². The number of amides is 3. The molecule has 16 nitrogen and oxygen atoms in total. The predicted octanol–water partition coefficient (Wildman–Crippen LogP) is 9.50. The van der Waals surface area contributed by atoms with Gasteiger partial charge in [-0.2, -0.15) is 5.10 Å². The number of rotatable bonds is 26. The Bertz CT molecular complexity index is 2790. The maximum Gasteiger partial charge on any atom is 0.246 e. The third kappa shape index (κ3) is 15.2. The van der Waals surface area contributed by atoms with Crippen molar-refractivity contribution >= 4 is 45.9 Å². The van der Waals surface area contributed by atoms with Crippen LogP contribution < -0.4 is 21.1 Å². The summed E-state index contributed by atoms with van der Waals surface area (Å²) in [6.07, 6.45) is 9.87. The van der Waals surface area contributed by atoms with E-state index in [0.29, 0.717) is 38.6 Å². The minimum atomic E-state index is -0.853. The van der Waals surface area contributed by atoms with Gasteiger partial charge in [0.1, 0.15) is 41.4 Å². The second-order valence-electron chi connectivity index (χ2n) is 21.3. The van der Waals surface area contributed by atoms with Crippen molar-refractivity contribution in [3.05, 3.63) is 108 Å². The van der Waals surface area contributed by atoms with Crippen LogP contribution in [0.25, 0.3) is 32.7 Å². The molecule has 0 bridgehead atoms. The van der Waals surface area contributed by atoms with E-state index in [0.717, 1.165) is 116 Å². The number of hydrogen-bond donors (Lipinski definition) is 4. The molecule has 2 fully saturated rings. The third-order valence-corrected chi connectivity index (χ3v) is 15.5. The van der Waals surface area contributed by atoms with Crippen molar-refractivity contribution in [2.75, 3.05) is 58.3 Å². The highest BCUT2D eigenvalue weighted by atomic mass is 32.1. The minimum absolute atomic E-state index is 0.0370. The van der Waals surface area contributed by atoms with Gasteiger partial charge in [-0.1, -0.05) is 82.5 Å². The zero-order chi connectivity index (χ0) is 53.4. The number of nitrogens with one attached hydrogen (secondary N) is 2. The van der Waals surface area contributed by atoms with Crippen LogP contribution in [0.1, 0.15) is 109 Å². The van der Waals surface area contributed by atoms with Gasteiger partial charge in [-0.15, -0.1) is 11.3 Å². The van der Waals surface area contributed by atoms with Gasteiger partial charge in [0, 0.05) is 62.7 Å². The summed E-state index contributed by atoms with van der Waals surface area (Å²) in [5, 5.41) is 24.5. The second-order valence-corrected chi connectivity index (χ2v) is 22.2. The Labute approximate surface area is 451 Å². The summed E-state index contributed by atoms with van der Waals surface area (Å²) in [6.45, 7) is 13.6. The number of benzene rings is 3. The number of fused-ring (bicyclic) bond motifs is 1. The number of thiophene rings is 1. The van der Waals surface area contributed by atoms with E-state index in [1.165, 1.54) is 28.1 Å². The number of hydrogen-bond acceptors (Lipinski definition) is 13. The van der Waals surface area contributed by atoms with Crippen molar-refractivity contribution in [3.8, 4) is 33.2 Å². The molecule has 17 heteroatoms. The van der Waals surface area contributed by atoms with Gasteiger partial charge in [-0.05, 0) is 122 Å². The zero-order valence-electron chi connectivity index (χ0n) is 44.8. The number of carbonyl (C=O) groups is 3. The molecule has 3 amide bonds. The van der Waals surface area contributed by atoms with E-state index in [4.69, 9.17) is 25.0 Å². The maximum absolute atomic E-state index is 14.0. The van der Waals surface area contributed by atoms with Gasteiger partial charge in [0.2, 0.25) is 17.7 Å². The number of aryl methyl sites for hydroxylation is 1. The molecule has 0 radical (unpaired) electrons. The molecule has 406 valence electrons. The molecule has 0 aliphatic carbocycles. The number of β-amino-alcohol motifs (C(OH)–C–C–N with tert-alkyl or cyclic N) is 1. The first-order valence-electron chi connectivity index (χ1n) is 27.2. The molecule has 2 aliphatic rings. The number of nitrogen functional groups attached to an aromatic ring is 1. The fourth-order valence-electron chi connectivity index (χ4n) is 10.1. The van der Waals surface area contributed by atoms with Crippen LogP contribution in [0.4, 0.5) is 5.82 Å². The molecular formula is C59H77N9O7S. The van der Waals surface area contributed by atoms with E-state index in [1.807, 2.05) is 99.6 Å². The highest BCUT2D eigenvalue weighted by Gasteiger charge is 2.44. The smallest absolute Gasteiger partial charge is 0.246 e. The van der Waals surface area contributed by atoms with E-state index < -0.39 is 23.6 Å². The number of para-hydroxylation sites is 1. The summed E-state index contributed by atoms with van der Waals surface area (Å²) in [4.78, 5) is 54.8. The first kappa shape index (κ1) is 56.0. The van der Waals surface area contributed by atoms with Crippen molar-refractivity contribution in [2.45, 2.75) is 129 Å². The number of piperidine rings is 1. The molecule has 0 unspecified atom stereocenters. The molecule has 3 aromatic heterocycles. The van der Waals surface area contributed by atoms with Gasteiger partial charge >= 0.3 is 0 Å². The van der Waals surface area contributed by atoms with Crippen molar-refractivity contribution in [1.82, 2.24) is 40.2 Å². The number of unbranched alkanes of at least 4 members (excludes halogenated alkanes) is 5. The summed E-state index contributed by atoms with van der Waals surface area (Å²) < 4.78 is 19.7. The summed E-state index contributed by atoms with van der Waals surface area (Å²) in [5.74, 6) is 1.07. The van der Waals surface area contributed by atoms with Gasteiger partial charge in [0.25, 0.3) is 0 Å². The maximum atomic E-state index is 14.0. The Hall–Kier alpha value is -6.24. The van der Waals surface area contributed by atoms with Gasteiger partial charge in [0.15, 0.2) is 5.65 Å². The summed E-state index contributed by atoms with van der Waals surface area (Å²) in [7, 11) is 0. The fraction of sp³-hybridized carbons (Fsp3) is 0.492. The van der Waals surface area contributed by atoms with Crippen molar-refractivity contribution in [2.24, 2.45) is 5.41 Å². The number of nitrogens with two attached hydrogens (primary N) is 1. The van der Waals surface area contributed by atoms with E-state index in [9.17, 15) is 19.5 Å². The Morgan fingerprint density at radius 1 is 0.816 bits per heavy atom. The number of nitrogens with zero attached hydrogens (tertiary/aromatic N) is 6. The molecule has 2 saturated heterocycles. The Morgan fingerprint density at radius 2 is 1.49 bits per heavy atom. The molecule has 6 aromatic rings. The Kier molecular flexibility index (Phi) is 20.0. The predicted molar refractivity (Wildman–Crippen MR) is 299 cm³/mol. The van der Waals surface area contributed by atoms with E-state index >= 15 is 0 Å². The molecule has 8 rings (SSSR count). The largest absolute Gasteiger partial charge is 0.457 e. The molecule has 5 heterocycles. The van der Waals surface area contributed by atoms with Crippen LogP contribution in [-0.4, -0.2) is 123 Å². The lowest BCUT2D eigenvalue weighted by atomic mass is 9.85. The normalized spacial score (nSPS) is 16.8. The number of aliphatic hydroxyl groups is 1. The fourth-order valence-corrected chi connectivity index (χ4v) is 11.1. The standard InChI is InChI=1S/C59H77N9O7S/c1-41-28-36-76-53(41)44-20-18-42(19-21-44)38-61-57(71)49-37-46(69)39-67(49)58(72)54(59(2,3)4)64-50(70)17-11-8-14-33-74-35-34-73-32-13-6-5-12-29-66-30-26-45(27-31-66)68-56-51(55(60)62-40-63-56)52(65-68)43-22-24-48(25-23-43)75-47-15-9-7-10-16-47/h7,9-10,15-16,18-25,28,36,40,45-46,49,54,69H,5-6,8,11-14,17,26-27,29-35,37-39H2,1-4H3,(H,61,71)(H,64,70)(H2,60,62,63)/t46-,49+,54-/m1/s1. The molecule has 5 N–H and O–H groups in total. The highest BCUT2D eigenvalue weighted by molar-refractivity contribution is 7.13. The molecular weight excluding hydrogens is 979 g/mol. The highest BCUT2D eigenvalue weighted by Crippen LogP contribution is 2.36. The van der Waals surface area contributed by atoms with E-state index in [1.54, 1.807) is 11.3 Å². The average Bonchev–Trinajstić information content (AvgIpc) is 4.16. The van der Waals surface area contributed by atoms with Crippen LogP contribution in [0.5, 0.6) is 11.5 Å². The minimum Gasteiger partial charge on any atom is -0.457 e. The second kappa shape index (κ2) is 27.2. The quantitative estimate of drug-likeness (QED) is 0.0376. The number of likely N-dealkylation sites (tertiary alicyclic amines) is 2. The topological polar surface area (TPSA) is 199 Å². The molecule has 2 aliphatic heterocycles. The summed E-state index contributed by atoms with van der Waals surface area (Å²) >= 11 is 1.70. The van der Waals surface area contributed by atoms with Gasteiger partial charge in [-0.3, -0.25) is 14.4 Å². The van der Waals surface area contributed by atoms with Crippen LogP contribution >= 0.6 is 11.3 Å². The lowest BCUT2D eigenvalue weighted by Crippen LogP contribution is -2.57. The first-order chi connectivity index (χ1) is 36.8. The van der Waals surface area contributed by atoms with Gasteiger partial charge in [-0.25, -0.2) is 14.6 Å². The number of aromatic nitrogens is 4. The molecule has 76 heavy (non-hydrogen) atoms. The van der Waals surface area contributed by atoms with Gasteiger partial charge in [0.05, 0.1) is 30.7 Å². The Balaban J connectivity index is 0.648. The third-order valence-electron chi connectivity index (χ3n) is 14.4. The number of aliphatic hydroxyl groups excluding tert-OH is 1. The summed E-state index contributed by atoms with van der Waals surface area (Å²) in [6, 6.07) is 26.4. The van der Waals surface area contributed by atoms with Crippen molar-refractivity contribution in [1.29, 1.82) is 0 Å². The molecule has 3 aromatic carbocycles. The van der Waals surface area contributed by atoms with Crippen LogP contribution in [0.15, 0.2) is 96.6 Å². The van der Waals surface area contributed by atoms with Crippen molar-refractivity contribution < 1.29 is 33.7 Å². The van der Waals surface area contributed by atoms with E-state index in [2.05, 4.69) is 48.6 Å². The SMILES string of the molecule is Cc1ccsc1-c1ccc(CNC(=O)[C@@H]2C[C@@H](O)CN2C(=O)[C@@H](NC(=O)CCCCCOCCOCCCCCCN2CCC(n3nc(-c4ccc(Oc5ccccc5)cc4)c4c(N)ncnc43)CC2)C(C)(C)C)cc1. The lowest BCUT2D eigenvalue weighted by Gasteiger charge is -2.35. The number of anilines is 1. The first-order valence-corrected chi connectivity index (χ1v) is 28.1. The van der Waals surface area contributed by atoms with Crippen LogP contribution in [0, 0.1) is 12.3 Å². The summed E-state index contributed by atoms with van der Waals surface area (Å²) in [5.41, 5.74) is 11.6. The van der Waals surface area contributed by atoms with Crippen molar-refractivity contribution in [3.63, 3.8) is 0 Å². The number of ether oxygens (including phenoxy) is 3. The van der Waals surface area contributed by atoms with E-state index in [-0.39, 0.29) is 43.1 Å². The zero-order valence-corrected chi connectivity index (χ0v) is 45.6. The monoisotopic (exact) mass is 1060 g/mol. The Morgan fingerprint density at radius 3 is 2.17 bits per heavy atom. The van der Waals surface area contributed by atoms with Crippen LogP contribution in [-0.2, 0) is 30.4 Å².